The van der Waals surface area contributed by atoms with Gasteiger partial charge in [-0.2, -0.15) is 0 Å². The highest BCUT2D eigenvalue weighted by Crippen LogP contribution is 2.42. The molecule has 3 saturated heterocycles. The first-order valence-corrected chi connectivity index (χ1v) is 19.6. The summed E-state index contributed by atoms with van der Waals surface area (Å²) in [6.45, 7) is 4.54. The topological polar surface area (TPSA) is 323 Å². The maximum Gasteiger partial charge on any atom is 0.303 e. The SMILES string of the molecule is COc1ccc(-c2oc3c(CC=C(C)C)c(O[C@H]4O[C@H](CO)[C@H](O)[C@@H](O)[C@H]4O)cc(O)c3c(=O)c2O[C@H]2O[C@@H](C)[C@H](OC(C)=O)[C@@H](O[C@H]3O[C@H](CO)[C@H](O)[C@@H](O)[C@H]3O)[C@H]2O)cc1. The lowest BCUT2D eigenvalue weighted by Crippen LogP contribution is -2.65. The quantitative estimate of drug-likeness (QED) is 0.0687. The van der Waals surface area contributed by atoms with Crippen LogP contribution in [0.4, 0.5) is 0 Å². The highest BCUT2D eigenvalue weighted by molar-refractivity contribution is 5.91. The van der Waals surface area contributed by atoms with E-state index >= 15 is 0 Å². The van der Waals surface area contributed by atoms with Gasteiger partial charge in [-0.15, -0.1) is 0 Å². The van der Waals surface area contributed by atoms with E-state index in [0.717, 1.165) is 18.6 Å². The highest BCUT2D eigenvalue weighted by Gasteiger charge is 2.53. The van der Waals surface area contributed by atoms with Crippen molar-refractivity contribution in [3.8, 4) is 34.3 Å². The lowest BCUT2D eigenvalue weighted by Gasteiger charge is -2.46. The van der Waals surface area contributed by atoms with Gasteiger partial charge in [0, 0.05) is 24.1 Å². The summed E-state index contributed by atoms with van der Waals surface area (Å²) in [4.78, 5) is 27.0. The van der Waals surface area contributed by atoms with E-state index in [1.165, 1.54) is 26.2 Å². The molecule has 2 aromatic carbocycles. The number of benzene rings is 2. The van der Waals surface area contributed by atoms with Crippen molar-refractivity contribution in [1.29, 1.82) is 0 Å². The molecule has 1 aromatic heterocycles. The summed E-state index contributed by atoms with van der Waals surface area (Å²) in [5.74, 6) is -2.20. The predicted octanol–water partition coefficient (Wildman–Crippen LogP) is -1.54. The number of hydrogen-bond donors (Lipinski definition) is 10. The minimum atomic E-state index is -1.99. The van der Waals surface area contributed by atoms with Crippen LogP contribution in [0.1, 0.15) is 33.3 Å². The number of hydrogen-bond acceptors (Lipinski definition) is 21. The summed E-state index contributed by atoms with van der Waals surface area (Å²) < 4.78 is 52.2. The molecule has 0 bridgehead atoms. The molecule has 3 aliphatic heterocycles. The lowest BCUT2D eigenvalue weighted by atomic mass is 9.97. The molecular formula is C41H52O21. The van der Waals surface area contributed by atoms with Crippen LogP contribution in [-0.2, 0) is 34.9 Å². The van der Waals surface area contributed by atoms with Crippen molar-refractivity contribution in [2.75, 3.05) is 20.3 Å². The van der Waals surface area contributed by atoms with Crippen LogP contribution in [0.3, 0.4) is 0 Å². The van der Waals surface area contributed by atoms with Gasteiger partial charge in [-0.1, -0.05) is 11.6 Å². The monoisotopic (exact) mass is 880 g/mol. The smallest absolute Gasteiger partial charge is 0.303 e. The Balaban J connectivity index is 1.48. The van der Waals surface area contributed by atoms with Crippen LogP contribution in [0.5, 0.6) is 23.0 Å². The molecule has 21 nitrogen and oxygen atoms in total. The summed E-state index contributed by atoms with van der Waals surface area (Å²) in [5, 5.41) is 105. The first-order valence-electron chi connectivity index (χ1n) is 19.6. The van der Waals surface area contributed by atoms with E-state index in [1.807, 2.05) is 0 Å². The molecule has 10 N–H and O–H groups in total. The summed E-state index contributed by atoms with van der Waals surface area (Å²) in [5.41, 5.74) is -0.0771. The van der Waals surface area contributed by atoms with Gasteiger partial charge in [0.25, 0.3) is 0 Å². The molecular weight excluding hydrogens is 828 g/mol. The van der Waals surface area contributed by atoms with Gasteiger partial charge in [-0.3, -0.25) is 9.59 Å². The molecule has 0 amide bonds. The Hall–Kier alpha value is -4.46. The van der Waals surface area contributed by atoms with Gasteiger partial charge in [0.05, 0.1) is 26.4 Å². The number of phenols is 1. The van der Waals surface area contributed by atoms with E-state index in [9.17, 15) is 60.7 Å². The first-order chi connectivity index (χ1) is 29.4. The minimum absolute atomic E-state index is 0.00641. The van der Waals surface area contributed by atoms with Crippen molar-refractivity contribution in [3.05, 3.63) is 57.8 Å². The Labute approximate surface area is 353 Å². The molecule has 0 unspecified atom stereocenters. The van der Waals surface area contributed by atoms with Crippen LogP contribution in [-0.4, -0.2) is 169 Å². The van der Waals surface area contributed by atoms with Crippen molar-refractivity contribution in [2.45, 2.75) is 126 Å². The van der Waals surface area contributed by atoms with Crippen molar-refractivity contribution in [3.63, 3.8) is 0 Å². The number of aliphatic hydroxyl groups excluding tert-OH is 9. The largest absolute Gasteiger partial charge is 0.507 e. The first kappa shape index (κ1) is 47.0. The van der Waals surface area contributed by atoms with Crippen molar-refractivity contribution >= 4 is 16.9 Å². The zero-order chi connectivity index (χ0) is 45.3. The van der Waals surface area contributed by atoms with E-state index in [1.54, 1.807) is 32.1 Å². The van der Waals surface area contributed by atoms with Crippen LogP contribution in [0.2, 0.25) is 0 Å². The Kier molecular flexibility index (Phi) is 14.8. The zero-order valence-electron chi connectivity index (χ0n) is 34.2. The second-order valence-electron chi connectivity index (χ2n) is 15.4. The van der Waals surface area contributed by atoms with Gasteiger partial charge in [0.1, 0.15) is 89.3 Å². The fourth-order valence-electron chi connectivity index (χ4n) is 7.34. The van der Waals surface area contributed by atoms with Crippen LogP contribution < -0.4 is 19.6 Å². The zero-order valence-corrected chi connectivity index (χ0v) is 34.2. The Morgan fingerprint density at radius 3 is 1.90 bits per heavy atom. The number of aliphatic hydroxyl groups is 9. The van der Waals surface area contributed by atoms with Crippen LogP contribution in [0.15, 0.2) is 51.2 Å². The molecule has 6 rings (SSSR count). The summed E-state index contributed by atoms with van der Waals surface area (Å²) in [6.07, 6.45) is -23.5. The fraction of sp³-hybridized carbons (Fsp3) is 0.561. The highest BCUT2D eigenvalue weighted by atomic mass is 16.7. The predicted molar refractivity (Wildman–Crippen MR) is 209 cm³/mol. The average Bonchev–Trinajstić information content (AvgIpc) is 3.24. The number of aromatic hydroxyl groups is 1. The van der Waals surface area contributed by atoms with Gasteiger partial charge in [-0.05, 0) is 51.5 Å². The fourth-order valence-corrected chi connectivity index (χ4v) is 7.34. The van der Waals surface area contributed by atoms with E-state index in [4.69, 9.17) is 42.3 Å². The third-order valence-corrected chi connectivity index (χ3v) is 10.8. The number of ether oxygens (including phenoxy) is 8. The molecule has 0 radical (unpaired) electrons. The number of esters is 1. The molecule has 21 heteroatoms. The van der Waals surface area contributed by atoms with Crippen LogP contribution in [0, 0.1) is 0 Å². The number of phenolic OH excluding ortho intramolecular Hbond substituents is 1. The van der Waals surface area contributed by atoms with Crippen molar-refractivity contribution in [1.82, 2.24) is 0 Å². The van der Waals surface area contributed by atoms with Crippen molar-refractivity contribution in [2.24, 2.45) is 0 Å². The molecule has 62 heavy (non-hydrogen) atoms. The number of fused-ring (bicyclic) bond motifs is 1. The number of carbonyl (C=O) groups is 1. The third kappa shape index (κ3) is 9.40. The second kappa shape index (κ2) is 19.5. The van der Waals surface area contributed by atoms with Gasteiger partial charge in [-0.25, -0.2) is 0 Å². The second-order valence-corrected chi connectivity index (χ2v) is 15.4. The number of methoxy groups -OCH3 is 1. The van der Waals surface area contributed by atoms with Gasteiger partial charge in [0.15, 0.2) is 18.2 Å². The standard InChI is InChI=1S/C41H52O21/c1-15(2)6-11-20-22(57-39-31(51)29(49)26(46)23(13-42)58-39)12-21(45)25-28(48)37(35(60-36(20)25)18-7-9-19(54-5)10-8-18)61-41-33(53)38(34(16(3)55-41)56-17(4)44)62-40-32(52)30(50)27(47)24(14-43)59-40/h6-10,12,16,23-24,26-27,29-34,38-43,45-47,49-53H,11,13-14H2,1-5H3/t16-,23+,24+,26-,27-,29+,30+,31+,32+,33+,34-,38-,39-,40+,41+/m0/s1. The van der Waals surface area contributed by atoms with Gasteiger partial charge < -0.3 is 93.4 Å². The molecule has 3 aromatic rings. The maximum atomic E-state index is 14.8. The Morgan fingerprint density at radius 2 is 1.34 bits per heavy atom. The normalized spacial score (nSPS) is 33.7. The number of allylic oxidation sites excluding steroid dienone is 2. The molecule has 0 spiro atoms. The van der Waals surface area contributed by atoms with E-state index in [-0.39, 0.29) is 34.6 Å². The van der Waals surface area contributed by atoms with E-state index in [0.29, 0.717) is 5.75 Å². The molecule has 0 aliphatic carbocycles. The average molecular weight is 881 g/mol. The summed E-state index contributed by atoms with van der Waals surface area (Å²) in [6, 6.07) is 7.16. The maximum absolute atomic E-state index is 14.8. The molecule has 3 aliphatic rings. The summed E-state index contributed by atoms with van der Waals surface area (Å²) >= 11 is 0. The lowest BCUT2D eigenvalue weighted by molar-refractivity contribution is -0.350. The molecule has 3 fully saturated rings. The minimum Gasteiger partial charge on any atom is -0.507 e. The molecule has 4 heterocycles. The third-order valence-electron chi connectivity index (χ3n) is 10.8. The molecule has 15 atom stereocenters. The van der Waals surface area contributed by atoms with Crippen molar-refractivity contribution < 1.29 is 98.2 Å². The number of carbonyl (C=O) groups excluding carboxylic acids is 1. The Bertz CT molecular complexity index is 2110. The van der Waals surface area contributed by atoms with Gasteiger partial charge >= 0.3 is 5.97 Å². The summed E-state index contributed by atoms with van der Waals surface area (Å²) in [7, 11) is 1.43. The Morgan fingerprint density at radius 1 is 0.758 bits per heavy atom. The van der Waals surface area contributed by atoms with Gasteiger partial charge in [0.2, 0.25) is 23.8 Å². The van der Waals surface area contributed by atoms with E-state index in [2.05, 4.69) is 0 Å². The van der Waals surface area contributed by atoms with E-state index < -0.39 is 134 Å². The molecule has 342 valence electrons. The number of rotatable bonds is 13. The molecule has 0 saturated carbocycles. The van der Waals surface area contributed by atoms with Crippen LogP contribution in [0.25, 0.3) is 22.3 Å². The van der Waals surface area contributed by atoms with Crippen LogP contribution >= 0.6 is 0 Å².